The van der Waals surface area contributed by atoms with Crippen molar-refractivity contribution in [3.63, 3.8) is 0 Å². The molecule has 1 atom stereocenters. The first-order chi connectivity index (χ1) is 6.35. The van der Waals surface area contributed by atoms with E-state index in [2.05, 4.69) is 0 Å². The van der Waals surface area contributed by atoms with Gasteiger partial charge in [-0.15, -0.1) is 11.6 Å². The van der Waals surface area contributed by atoms with E-state index in [1.54, 1.807) is 0 Å². The van der Waals surface area contributed by atoms with E-state index in [1.165, 1.54) is 44.9 Å². The van der Waals surface area contributed by atoms with Crippen LogP contribution in [0.1, 0.15) is 44.9 Å². The molecule has 2 rings (SSSR count). The molecule has 1 heterocycles. The van der Waals surface area contributed by atoms with Gasteiger partial charge in [0.25, 0.3) is 0 Å². The van der Waals surface area contributed by atoms with E-state index in [0.29, 0.717) is 5.92 Å². The summed E-state index contributed by atoms with van der Waals surface area (Å²) in [6.45, 7) is 0.942. The standard InChI is InChI=1S/C11H19ClO/c12-9-10-4-7-13-11(8-10)5-2-1-3-6-11/h10H,1-9H2. The van der Waals surface area contributed by atoms with Gasteiger partial charge in [-0.1, -0.05) is 19.3 Å². The SMILES string of the molecule is ClCC1CCOC2(CCCCC2)C1. The lowest BCUT2D eigenvalue weighted by Crippen LogP contribution is -2.41. The quantitative estimate of drug-likeness (QED) is 0.593. The molecule has 0 bridgehead atoms. The van der Waals surface area contributed by atoms with Gasteiger partial charge in [0.1, 0.15) is 0 Å². The average Bonchev–Trinajstić information content (AvgIpc) is 2.19. The van der Waals surface area contributed by atoms with Crippen molar-refractivity contribution in [1.29, 1.82) is 0 Å². The number of halogens is 1. The highest BCUT2D eigenvalue weighted by atomic mass is 35.5. The maximum Gasteiger partial charge on any atom is 0.0685 e. The van der Waals surface area contributed by atoms with Crippen molar-refractivity contribution in [2.24, 2.45) is 5.92 Å². The molecule has 1 aliphatic heterocycles. The van der Waals surface area contributed by atoms with Crippen molar-refractivity contribution in [1.82, 2.24) is 0 Å². The van der Waals surface area contributed by atoms with Gasteiger partial charge in [0.05, 0.1) is 5.60 Å². The lowest BCUT2D eigenvalue weighted by Gasteiger charge is -2.43. The monoisotopic (exact) mass is 202 g/mol. The molecule has 2 heteroatoms. The highest BCUT2D eigenvalue weighted by molar-refractivity contribution is 6.18. The van der Waals surface area contributed by atoms with E-state index in [1.807, 2.05) is 0 Å². The molecule has 0 radical (unpaired) electrons. The number of alkyl halides is 1. The van der Waals surface area contributed by atoms with Crippen molar-refractivity contribution in [2.45, 2.75) is 50.5 Å². The van der Waals surface area contributed by atoms with Gasteiger partial charge in [-0.2, -0.15) is 0 Å². The molecule has 2 aliphatic rings. The second-order valence-electron chi connectivity index (χ2n) is 4.61. The van der Waals surface area contributed by atoms with Crippen LogP contribution in [0.4, 0.5) is 0 Å². The zero-order valence-corrected chi connectivity index (χ0v) is 8.98. The predicted molar refractivity (Wildman–Crippen MR) is 55.2 cm³/mol. The Hall–Kier alpha value is 0.250. The van der Waals surface area contributed by atoms with Gasteiger partial charge in [0.15, 0.2) is 0 Å². The second-order valence-corrected chi connectivity index (χ2v) is 4.91. The Morgan fingerprint density at radius 2 is 2.00 bits per heavy atom. The molecule has 1 nitrogen and oxygen atoms in total. The topological polar surface area (TPSA) is 9.23 Å². The lowest BCUT2D eigenvalue weighted by atomic mass is 9.76. The molecule has 1 unspecified atom stereocenters. The van der Waals surface area contributed by atoms with E-state index in [9.17, 15) is 0 Å². The van der Waals surface area contributed by atoms with E-state index in [0.717, 1.165) is 12.5 Å². The van der Waals surface area contributed by atoms with Gasteiger partial charge in [-0.05, 0) is 31.6 Å². The molecule has 0 aromatic heterocycles. The van der Waals surface area contributed by atoms with E-state index < -0.39 is 0 Å². The minimum atomic E-state index is 0.246. The maximum absolute atomic E-state index is 5.98. The Labute approximate surface area is 85.8 Å². The average molecular weight is 203 g/mol. The highest BCUT2D eigenvalue weighted by Gasteiger charge is 2.37. The van der Waals surface area contributed by atoms with Crippen LogP contribution in [0.25, 0.3) is 0 Å². The third-order valence-electron chi connectivity index (χ3n) is 3.58. The summed E-state index contributed by atoms with van der Waals surface area (Å²) in [5.41, 5.74) is 0.246. The summed E-state index contributed by atoms with van der Waals surface area (Å²) in [5, 5.41) is 0. The summed E-state index contributed by atoms with van der Waals surface area (Å²) in [4.78, 5) is 0. The summed E-state index contributed by atoms with van der Waals surface area (Å²) in [5.74, 6) is 1.54. The summed E-state index contributed by atoms with van der Waals surface area (Å²) in [6.07, 6.45) is 9.06. The van der Waals surface area contributed by atoms with Crippen LogP contribution in [0.3, 0.4) is 0 Å². The van der Waals surface area contributed by atoms with Crippen LogP contribution in [-0.2, 0) is 4.74 Å². The van der Waals surface area contributed by atoms with Crippen LogP contribution in [0, 0.1) is 5.92 Å². The molecule has 2 fully saturated rings. The molecular formula is C11H19ClO. The largest absolute Gasteiger partial charge is 0.375 e. The van der Waals surface area contributed by atoms with Gasteiger partial charge in [0, 0.05) is 12.5 Å². The van der Waals surface area contributed by atoms with E-state index in [-0.39, 0.29) is 5.60 Å². The number of hydrogen-bond acceptors (Lipinski definition) is 1. The van der Waals surface area contributed by atoms with Crippen molar-refractivity contribution in [3.8, 4) is 0 Å². The minimum absolute atomic E-state index is 0.246. The fourth-order valence-corrected chi connectivity index (χ4v) is 3.07. The van der Waals surface area contributed by atoms with Crippen LogP contribution < -0.4 is 0 Å². The number of ether oxygens (including phenoxy) is 1. The fourth-order valence-electron chi connectivity index (χ4n) is 2.81. The second kappa shape index (κ2) is 4.18. The van der Waals surface area contributed by atoms with Crippen molar-refractivity contribution < 1.29 is 4.74 Å². The van der Waals surface area contributed by atoms with Gasteiger partial charge in [-0.3, -0.25) is 0 Å². The minimum Gasteiger partial charge on any atom is -0.375 e. The van der Waals surface area contributed by atoms with Crippen molar-refractivity contribution >= 4 is 11.6 Å². The van der Waals surface area contributed by atoms with Crippen LogP contribution in [0.5, 0.6) is 0 Å². The Bertz CT molecular complexity index is 158. The molecule has 76 valence electrons. The van der Waals surface area contributed by atoms with Gasteiger partial charge >= 0.3 is 0 Å². The highest BCUT2D eigenvalue weighted by Crippen LogP contribution is 2.40. The first-order valence-corrected chi connectivity index (χ1v) is 6.08. The third-order valence-corrected chi connectivity index (χ3v) is 4.01. The van der Waals surface area contributed by atoms with E-state index >= 15 is 0 Å². The Morgan fingerprint density at radius 1 is 1.23 bits per heavy atom. The van der Waals surface area contributed by atoms with Crippen molar-refractivity contribution in [2.75, 3.05) is 12.5 Å². The van der Waals surface area contributed by atoms with E-state index in [4.69, 9.17) is 16.3 Å². The normalized spacial score (nSPS) is 33.5. The molecule has 1 spiro atoms. The zero-order valence-electron chi connectivity index (χ0n) is 8.23. The smallest absolute Gasteiger partial charge is 0.0685 e. The van der Waals surface area contributed by atoms with Gasteiger partial charge in [-0.25, -0.2) is 0 Å². The molecule has 1 aliphatic carbocycles. The Morgan fingerprint density at radius 3 is 2.69 bits per heavy atom. The summed E-state index contributed by atoms with van der Waals surface area (Å²) in [7, 11) is 0. The molecule has 0 amide bonds. The molecule has 1 saturated heterocycles. The van der Waals surface area contributed by atoms with Crippen LogP contribution in [0.15, 0.2) is 0 Å². The molecule has 0 N–H and O–H groups in total. The van der Waals surface area contributed by atoms with Crippen LogP contribution >= 0.6 is 11.6 Å². The zero-order chi connectivity index (χ0) is 9.15. The maximum atomic E-state index is 5.98. The number of rotatable bonds is 1. The predicted octanol–water partition coefficient (Wildman–Crippen LogP) is 3.35. The van der Waals surface area contributed by atoms with Gasteiger partial charge in [0.2, 0.25) is 0 Å². The van der Waals surface area contributed by atoms with Crippen LogP contribution in [0.2, 0.25) is 0 Å². The molecule has 1 saturated carbocycles. The first-order valence-electron chi connectivity index (χ1n) is 5.55. The Kier molecular flexibility index (Phi) is 3.15. The molecule has 13 heavy (non-hydrogen) atoms. The molecule has 0 aromatic carbocycles. The van der Waals surface area contributed by atoms with Gasteiger partial charge < -0.3 is 4.74 Å². The third kappa shape index (κ3) is 2.19. The first kappa shape index (κ1) is 9.79. The Balaban J connectivity index is 1.95. The fraction of sp³-hybridized carbons (Fsp3) is 1.00. The summed E-state index contributed by atoms with van der Waals surface area (Å²) in [6, 6.07) is 0. The summed E-state index contributed by atoms with van der Waals surface area (Å²) < 4.78 is 5.98. The lowest BCUT2D eigenvalue weighted by molar-refractivity contribution is -0.114. The van der Waals surface area contributed by atoms with Crippen molar-refractivity contribution in [3.05, 3.63) is 0 Å². The number of hydrogen-bond donors (Lipinski definition) is 0. The van der Waals surface area contributed by atoms with Crippen LogP contribution in [-0.4, -0.2) is 18.1 Å². The molecular weight excluding hydrogens is 184 g/mol. The summed E-state index contributed by atoms with van der Waals surface area (Å²) >= 11 is 5.93. The molecule has 0 aromatic rings.